The Morgan fingerprint density at radius 1 is 1.43 bits per heavy atom. The summed E-state index contributed by atoms with van der Waals surface area (Å²) in [7, 11) is 0. The van der Waals surface area contributed by atoms with Crippen molar-refractivity contribution in [3.63, 3.8) is 0 Å². The van der Waals surface area contributed by atoms with E-state index in [1.165, 1.54) is 23.1 Å². The topological polar surface area (TPSA) is 84.1 Å². The third-order valence-corrected chi connectivity index (χ3v) is 6.81. The Balaban J connectivity index is 1.53. The molecule has 4 rings (SSSR count). The number of nitrogens with zero attached hydrogens (tertiary/aromatic N) is 5. The molecule has 0 radical (unpaired) electrons. The van der Waals surface area contributed by atoms with Crippen LogP contribution in [0.2, 0.25) is 5.02 Å². The standard InChI is InChI=1S/C18H20ClN5O2S2/c1-2-16(26)24(12-4-5-12)17-21-22-18(28-17)27-10-15-20-13-6-3-11(19)9-14(13)23(15)7-8-25/h3,6,9,12,25H,2,4-5,7-8,10H2,1H3. The van der Waals surface area contributed by atoms with Crippen LogP contribution >= 0.6 is 34.7 Å². The maximum absolute atomic E-state index is 12.2. The number of halogens is 1. The number of aliphatic hydroxyl groups excluding tert-OH is 1. The van der Waals surface area contributed by atoms with Crippen molar-refractivity contribution in [3.05, 3.63) is 29.0 Å². The molecule has 1 aromatic carbocycles. The summed E-state index contributed by atoms with van der Waals surface area (Å²) in [4.78, 5) is 18.7. The zero-order valence-corrected chi connectivity index (χ0v) is 17.7. The van der Waals surface area contributed by atoms with Crippen molar-refractivity contribution in [3.8, 4) is 0 Å². The molecule has 0 spiro atoms. The van der Waals surface area contributed by atoms with Gasteiger partial charge >= 0.3 is 0 Å². The molecule has 0 atom stereocenters. The number of carbonyl (C=O) groups is 1. The minimum Gasteiger partial charge on any atom is -0.395 e. The fraction of sp³-hybridized carbons (Fsp3) is 0.444. The highest BCUT2D eigenvalue weighted by Gasteiger charge is 2.35. The summed E-state index contributed by atoms with van der Waals surface area (Å²) in [6.45, 7) is 2.34. The summed E-state index contributed by atoms with van der Waals surface area (Å²) in [6, 6.07) is 5.83. The zero-order valence-electron chi connectivity index (χ0n) is 15.3. The van der Waals surface area contributed by atoms with Gasteiger partial charge < -0.3 is 9.67 Å². The highest BCUT2D eigenvalue weighted by molar-refractivity contribution is 8.00. The van der Waals surface area contributed by atoms with Crippen LogP contribution in [0, 0.1) is 0 Å². The van der Waals surface area contributed by atoms with Gasteiger partial charge in [-0.3, -0.25) is 9.69 Å². The van der Waals surface area contributed by atoms with Crippen molar-refractivity contribution in [1.82, 2.24) is 19.7 Å². The molecule has 10 heteroatoms. The molecule has 2 aromatic heterocycles. The molecule has 0 unspecified atom stereocenters. The fourth-order valence-electron chi connectivity index (χ4n) is 3.06. The van der Waals surface area contributed by atoms with E-state index in [0.29, 0.717) is 28.9 Å². The van der Waals surface area contributed by atoms with E-state index in [0.717, 1.165) is 34.0 Å². The predicted octanol–water partition coefficient (Wildman–Crippen LogP) is 3.73. The van der Waals surface area contributed by atoms with Crippen LogP contribution in [0.3, 0.4) is 0 Å². The van der Waals surface area contributed by atoms with Gasteiger partial charge in [0.1, 0.15) is 5.82 Å². The van der Waals surface area contributed by atoms with Crippen LogP contribution < -0.4 is 4.90 Å². The van der Waals surface area contributed by atoms with Gasteiger partial charge in [-0.25, -0.2) is 4.98 Å². The molecular weight excluding hydrogens is 418 g/mol. The van der Waals surface area contributed by atoms with Gasteiger partial charge in [0.25, 0.3) is 0 Å². The first kappa shape index (κ1) is 19.6. The van der Waals surface area contributed by atoms with Gasteiger partial charge in [0, 0.05) is 24.0 Å². The fourth-order valence-corrected chi connectivity index (χ4v) is 5.10. The Hall–Kier alpha value is -1.68. The molecule has 0 saturated heterocycles. The lowest BCUT2D eigenvalue weighted by Gasteiger charge is -2.17. The number of hydrogen-bond donors (Lipinski definition) is 1. The SMILES string of the molecule is CCC(=O)N(c1nnc(SCc2nc3ccc(Cl)cc3n2CCO)s1)C1CC1. The molecule has 7 nitrogen and oxygen atoms in total. The molecule has 28 heavy (non-hydrogen) atoms. The van der Waals surface area contributed by atoms with Crippen molar-refractivity contribution >= 4 is 56.8 Å². The van der Waals surface area contributed by atoms with Crippen molar-refractivity contribution in [2.24, 2.45) is 0 Å². The van der Waals surface area contributed by atoms with E-state index in [1.807, 2.05) is 29.7 Å². The Labute approximate surface area is 175 Å². The van der Waals surface area contributed by atoms with Gasteiger partial charge in [-0.05, 0) is 31.0 Å². The summed E-state index contributed by atoms with van der Waals surface area (Å²) in [5.74, 6) is 1.53. The van der Waals surface area contributed by atoms with E-state index in [9.17, 15) is 9.90 Å². The highest BCUT2D eigenvalue weighted by atomic mass is 35.5. The largest absolute Gasteiger partial charge is 0.395 e. The molecule has 0 aliphatic heterocycles. The van der Waals surface area contributed by atoms with Crippen LogP contribution in [0.25, 0.3) is 11.0 Å². The van der Waals surface area contributed by atoms with E-state index in [-0.39, 0.29) is 18.6 Å². The second-order valence-corrected chi connectivity index (χ2v) is 9.14. The van der Waals surface area contributed by atoms with Crippen LogP contribution in [-0.4, -0.2) is 43.4 Å². The number of carbonyl (C=O) groups excluding carboxylic acids is 1. The zero-order chi connectivity index (χ0) is 19.7. The number of anilines is 1. The van der Waals surface area contributed by atoms with Gasteiger partial charge in [-0.2, -0.15) is 0 Å². The van der Waals surface area contributed by atoms with Crippen molar-refractivity contribution in [2.45, 2.75) is 48.9 Å². The minimum atomic E-state index is 0.0219. The van der Waals surface area contributed by atoms with Gasteiger partial charge in [-0.15, -0.1) is 10.2 Å². The molecular formula is C18H20ClN5O2S2. The number of aromatic nitrogens is 4. The first-order chi connectivity index (χ1) is 13.6. The average Bonchev–Trinajstić information content (AvgIpc) is 3.31. The number of thioether (sulfide) groups is 1. The molecule has 2 heterocycles. The Kier molecular flexibility index (Phi) is 5.86. The van der Waals surface area contributed by atoms with E-state index < -0.39 is 0 Å². The first-order valence-corrected chi connectivity index (χ1v) is 11.3. The second kappa shape index (κ2) is 8.36. The number of fused-ring (bicyclic) bond motifs is 1. The smallest absolute Gasteiger partial charge is 0.228 e. The molecule has 0 bridgehead atoms. The third kappa shape index (κ3) is 4.03. The van der Waals surface area contributed by atoms with Gasteiger partial charge in [0.05, 0.1) is 23.4 Å². The number of benzene rings is 1. The Morgan fingerprint density at radius 3 is 2.96 bits per heavy atom. The lowest BCUT2D eigenvalue weighted by atomic mass is 10.3. The van der Waals surface area contributed by atoms with Crippen molar-refractivity contribution in [1.29, 1.82) is 0 Å². The molecule has 1 aliphatic carbocycles. The normalized spacial score (nSPS) is 14.0. The maximum atomic E-state index is 12.2. The Morgan fingerprint density at radius 2 is 2.25 bits per heavy atom. The molecule has 1 N–H and O–H groups in total. The number of aliphatic hydroxyl groups is 1. The summed E-state index contributed by atoms with van der Waals surface area (Å²) >= 11 is 9.09. The quantitative estimate of drug-likeness (QED) is 0.427. The second-order valence-electron chi connectivity index (χ2n) is 6.52. The van der Waals surface area contributed by atoms with E-state index >= 15 is 0 Å². The van der Waals surface area contributed by atoms with Crippen molar-refractivity contribution in [2.75, 3.05) is 11.5 Å². The van der Waals surface area contributed by atoms with Gasteiger partial charge in [0.15, 0.2) is 4.34 Å². The minimum absolute atomic E-state index is 0.0219. The van der Waals surface area contributed by atoms with E-state index in [4.69, 9.17) is 11.6 Å². The Bertz CT molecular complexity index is 1000. The van der Waals surface area contributed by atoms with Crippen LogP contribution in [0.15, 0.2) is 22.5 Å². The van der Waals surface area contributed by atoms with Gasteiger partial charge in [-0.1, -0.05) is 41.6 Å². The van der Waals surface area contributed by atoms with Crippen LogP contribution in [0.4, 0.5) is 5.13 Å². The molecule has 148 valence electrons. The molecule has 3 aromatic rings. The summed E-state index contributed by atoms with van der Waals surface area (Å²) in [6.07, 6.45) is 2.52. The summed E-state index contributed by atoms with van der Waals surface area (Å²) < 4.78 is 2.78. The summed E-state index contributed by atoms with van der Waals surface area (Å²) in [5.41, 5.74) is 1.75. The number of imidazole rings is 1. The number of amides is 1. The van der Waals surface area contributed by atoms with Crippen molar-refractivity contribution < 1.29 is 9.90 Å². The third-order valence-electron chi connectivity index (χ3n) is 4.52. The number of hydrogen-bond acceptors (Lipinski definition) is 7. The predicted molar refractivity (Wildman–Crippen MR) is 112 cm³/mol. The number of rotatable bonds is 8. The monoisotopic (exact) mass is 437 g/mol. The van der Waals surface area contributed by atoms with Crippen LogP contribution in [-0.2, 0) is 17.1 Å². The lowest BCUT2D eigenvalue weighted by molar-refractivity contribution is -0.118. The molecule has 1 aliphatic rings. The van der Waals surface area contributed by atoms with Crippen LogP contribution in [0.1, 0.15) is 32.0 Å². The van der Waals surface area contributed by atoms with Crippen LogP contribution in [0.5, 0.6) is 0 Å². The highest BCUT2D eigenvalue weighted by Crippen LogP contribution is 2.37. The van der Waals surface area contributed by atoms with E-state index in [1.54, 1.807) is 4.90 Å². The lowest BCUT2D eigenvalue weighted by Crippen LogP contribution is -2.32. The average molecular weight is 438 g/mol. The maximum Gasteiger partial charge on any atom is 0.228 e. The van der Waals surface area contributed by atoms with Gasteiger partial charge in [0.2, 0.25) is 11.0 Å². The molecule has 1 amide bonds. The van der Waals surface area contributed by atoms with E-state index in [2.05, 4.69) is 15.2 Å². The molecule has 1 fully saturated rings. The summed E-state index contributed by atoms with van der Waals surface area (Å²) in [5, 5.41) is 19.2. The first-order valence-electron chi connectivity index (χ1n) is 9.14. The molecule has 1 saturated carbocycles.